The molecule has 0 heterocycles. The molecule has 4 N–H and O–H groups in total. The molecule has 2 rings (SSSR count). The summed E-state index contributed by atoms with van der Waals surface area (Å²) in [5.41, 5.74) is 1.05. The maximum atomic E-state index is 12.2. The highest BCUT2D eigenvalue weighted by atomic mass is 32.2. The monoisotopic (exact) mass is 391 g/mol. The van der Waals surface area contributed by atoms with Crippen LogP contribution in [0.3, 0.4) is 0 Å². The van der Waals surface area contributed by atoms with Gasteiger partial charge in [0.05, 0.1) is 23.6 Å². The minimum Gasteiger partial charge on any atom is -0.493 e. The van der Waals surface area contributed by atoms with Gasteiger partial charge in [0.25, 0.3) is 5.91 Å². The van der Waals surface area contributed by atoms with Gasteiger partial charge in [-0.3, -0.25) is 9.59 Å². The van der Waals surface area contributed by atoms with Crippen LogP contribution in [0.25, 0.3) is 0 Å². The summed E-state index contributed by atoms with van der Waals surface area (Å²) < 4.78 is 27.8. The van der Waals surface area contributed by atoms with Crippen molar-refractivity contribution in [2.75, 3.05) is 13.2 Å². The minimum atomic E-state index is -3.75. The number of nitrogens with two attached hydrogens (primary N) is 1. The molecule has 0 radical (unpaired) electrons. The van der Waals surface area contributed by atoms with Gasteiger partial charge in [0.15, 0.2) is 0 Å². The Hall–Kier alpha value is -2.91. The summed E-state index contributed by atoms with van der Waals surface area (Å²) in [7, 11) is -3.75. The Labute approximate surface area is 157 Å². The largest absolute Gasteiger partial charge is 0.493 e. The first kappa shape index (κ1) is 20.4. The smallest absolute Gasteiger partial charge is 0.255 e. The van der Waals surface area contributed by atoms with E-state index in [0.717, 1.165) is 0 Å². The second-order valence-electron chi connectivity index (χ2n) is 5.58. The number of para-hydroxylation sites is 1. The summed E-state index contributed by atoms with van der Waals surface area (Å²) in [6.07, 6.45) is 0. The molecule has 0 saturated carbocycles. The summed E-state index contributed by atoms with van der Waals surface area (Å²) >= 11 is 0. The molecule has 0 spiro atoms. The zero-order valence-corrected chi connectivity index (χ0v) is 15.6. The first-order valence-corrected chi connectivity index (χ1v) is 9.74. The molecule has 0 atom stereocenters. The quantitative estimate of drug-likeness (QED) is 0.613. The number of benzene rings is 2. The van der Waals surface area contributed by atoms with E-state index in [1.165, 1.54) is 12.1 Å². The van der Waals surface area contributed by atoms with Crippen molar-refractivity contribution in [2.45, 2.75) is 18.4 Å². The number of nitrogens with one attached hydrogen (secondary N) is 2. The second-order valence-corrected chi connectivity index (χ2v) is 7.14. The van der Waals surface area contributed by atoms with Crippen LogP contribution in [-0.4, -0.2) is 33.4 Å². The van der Waals surface area contributed by atoms with Gasteiger partial charge in [-0.1, -0.05) is 24.3 Å². The first-order valence-electron chi connectivity index (χ1n) is 8.19. The van der Waals surface area contributed by atoms with Crippen LogP contribution in [0.2, 0.25) is 0 Å². The Kier molecular flexibility index (Phi) is 6.91. The van der Waals surface area contributed by atoms with E-state index in [4.69, 9.17) is 9.88 Å². The number of ether oxygens (including phenoxy) is 1. The van der Waals surface area contributed by atoms with Crippen LogP contribution in [0.4, 0.5) is 0 Å². The first-order chi connectivity index (χ1) is 12.8. The minimum absolute atomic E-state index is 0.00203. The van der Waals surface area contributed by atoms with Crippen LogP contribution in [0.1, 0.15) is 22.8 Å². The number of hydrogen-bond donors (Lipinski definition) is 3. The SMILES string of the molecule is CCOc1ccccc1C(=O)NCC(=O)NCc1ccc(S(N)(=O)=O)cc1. The number of carbonyl (C=O) groups is 2. The van der Waals surface area contributed by atoms with Crippen LogP contribution in [0.5, 0.6) is 5.75 Å². The number of primary sulfonamides is 1. The fraction of sp³-hybridized carbons (Fsp3) is 0.222. The van der Waals surface area contributed by atoms with Crippen LogP contribution >= 0.6 is 0 Å². The maximum absolute atomic E-state index is 12.2. The van der Waals surface area contributed by atoms with Crippen molar-refractivity contribution in [1.82, 2.24) is 10.6 Å². The number of hydrogen-bond acceptors (Lipinski definition) is 5. The van der Waals surface area contributed by atoms with Crippen molar-refractivity contribution in [2.24, 2.45) is 5.14 Å². The van der Waals surface area contributed by atoms with Crippen molar-refractivity contribution in [3.8, 4) is 5.75 Å². The molecule has 9 heteroatoms. The van der Waals surface area contributed by atoms with Crippen molar-refractivity contribution in [3.05, 3.63) is 59.7 Å². The second kappa shape index (κ2) is 9.15. The van der Waals surface area contributed by atoms with E-state index in [-0.39, 0.29) is 23.9 Å². The van der Waals surface area contributed by atoms with E-state index in [2.05, 4.69) is 10.6 Å². The fourth-order valence-corrected chi connectivity index (χ4v) is 2.77. The zero-order valence-electron chi connectivity index (χ0n) is 14.8. The molecule has 0 aliphatic rings. The highest BCUT2D eigenvalue weighted by molar-refractivity contribution is 7.89. The topological polar surface area (TPSA) is 128 Å². The van der Waals surface area contributed by atoms with Crippen molar-refractivity contribution >= 4 is 21.8 Å². The Morgan fingerprint density at radius 1 is 1.04 bits per heavy atom. The van der Waals surface area contributed by atoms with Crippen molar-refractivity contribution in [1.29, 1.82) is 0 Å². The number of rotatable bonds is 8. The van der Waals surface area contributed by atoms with E-state index >= 15 is 0 Å². The highest BCUT2D eigenvalue weighted by Gasteiger charge is 2.13. The third-order valence-corrected chi connectivity index (χ3v) is 4.51. The lowest BCUT2D eigenvalue weighted by Crippen LogP contribution is -2.36. The molecule has 0 bridgehead atoms. The molecular formula is C18H21N3O5S. The lowest BCUT2D eigenvalue weighted by atomic mass is 10.2. The highest BCUT2D eigenvalue weighted by Crippen LogP contribution is 2.17. The van der Waals surface area contributed by atoms with Gasteiger partial charge in [-0.15, -0.1) is 0 Å². The number of amides is 2. The van der Waals surface area contributed by atoms with Gasteiger partial charge in [-0.25, -0.2) is 13.6 Å². The molecule has 2 amide bonds. The van der Waals surface area contributed by atoms with Gasteiger partial charge in [-0.05, 0) is 36.8 Å². The summed E-state index contributed by atoms with van der Waals surface area (Å²) in [5, 5.41) is 10.2. The average molecular weight is 391 g/mol. The molecule has 8 nitrogen and oxygen atoms in total. The molecule has 0 unspecified atom stereocenters. The molecule has 0 saturated heterocycles. The lowest BCUT2D eigenvalue weighted by molar-refractivity contribution is -0.120. The Bertz CT molecular complexity index is 911. The summed E-state index contributed by atoms with van der Waals surface area (Å²) in [5.74, 6) is -0.340. The lowest BCUT2D eigenvalue weighted by Gasteiger charge is -2.11. The van der Waals surface area contributed by atoms with Crippen molar-refractivity contribution in [3.63, 3.8) is 0 Å². The Morgan fingerprint density at radius 2 is 1.70 bits per heavy atom. The third-order valence-electron chi connectivity index (χ3n) is 3.58. The van der Waals surface area contributed by atoms with E-state index in [1.54, 1.807) is 36.4 Å². The molecule has 2 aromatic carbocycles. The van der Waals surface area contributed by atoms with Gasteiger partial charge in [0, 0.05) is 6.54 Å². The maximum Gasteiger partial charge on any atom is 0.255 e. The summed E-state index contributed by atoms with van der Waals surface area (Å²) in [6, 6.07) is 12.6. The normalized spacial score (nSPS) is 10.9. The molecule has 2 aromatic rings. The van der Waals surface area contributed by atoms with Crippen molar-refractivity contribution < 1.29 is 22.7 Å². The standard InChI is InChI=1S/C18H21N3O5S/c1-2-26-16-6-4-3-5-15(16)18(23)21-12-17(22)20-11-13-7-9-14(10-8-13)27(19,24)25/h3-10H,2,11-12H2,1H3,(H,20,22)(H,21,23)(H2,19,24,25). The predicted molar refractivity (Wildman–Crippen MR) is 99.6 cm³/mol. The molecule has 27 heavy (non-hydrogen) atoms. The number of sulfonamides is 1. The molecule has 0 aliphatic carbocycles. The molecule has 0 aliphatic heterocycles. The van der Waals surface area contributed by atoms with Crippen LogP contribution < -0.4 is 20.5 Å². The fourth-order valence-electron chi connectivity index (χ4n) is 2.25. The Morgan fingerprint density at radius 3 is 2.33 bits per heavy atom. The van der Waals surface area contributed by atoms with Gasteiger partial charge < -0.3 is 15.4 Å². The van der Waals surface area contributed by atoms with Crippen LogP contribution in [0.15, 0.2) is 53.4 Å². The van der Waals surface area contributed by atoms with E-state index in [0.29, 0.717) is 23.5 Å². The van der Waals surface area contributed by atoms with E-state index in [9.17, 15) is 18.0 Å². The summed E-state index contributed by atoms with van der Waals surface area (Å²) in [4.78, 5) is 24.1. The van der Waals surface area contributed by atoms with Gasteiger partial charge in [-0.2, -0.15) is 0 Å². The molecule has 144 valence electrons. The predicted octanol–water partition coefficient (Wildman–Crippen LogP) is 0.779. The van der Waals surface area contributed by atoms with Crippen LogP contribution in [-0.2, 0) is 21.4 Å². The average Bonchev–Trinajstić information content (AvgIpc) is 2.65. The molecule has 0 aromatic heterocycles. The number of carbonyl (C=O) groups excluding carboxylic acids is 2. The van der Waals surface area contributed by atoms with E-state index < -0.39 is 15.9 Å². The third kappa shape index (κ3) is 6.08. The van der Waals surface area contributed by atoms with Gasteiger partial charge >= 0.3 is 0 Å². The van der Waals surface area contributed by atoms with Gasteiger partial charge in [0.1, 0.15) is 5.75 Å². The van der Waals surface area contributed by atoms with E-state index in [1.807, 2.05) is 6.92 Å². The van der Waals surface area contributed by atoms with Gasteiger partial charge in [0.2, 0.25) is 15.9 Å². The Balaban J connectivity index is 1.85. The summed E-state index contributed by atoms with van der Waals surface area (Å²) in [6.45, 7) is 2.23. The van der Waals surface area contributed by atoms with Crippen LogP contribution in [0, 0.1) is 0 Å². The zero-order chi connectivity index (χ0) is 19.9. The molecular weight excluding hydrogens is 370 g/mol. The molecule has 0 fully saturated rings.